The first-order chi connectivity index (χ1) is 10.9. The summed E-state index contributed by atoms with van der Waals surface area (Å²) in [4.78, 5) is 12.4. The van der Waals surface area contributed by atoms with Gasteiger partial charge < -0.3 is 15.5 Å². The maximum Gasteiger partial charge on any atom is 0.251 e. The van der Waals surface area contributed by atoms with Gasteiger partial charge in [-0.05, 0) is 36.8 Å². The van der Waals surface area contributed by atoms with Gasteiger partial charge in [-0.3, -0.25) is 4.79 Å². The van der Waals surface area contributed by atoms with E-state index in [0.29, 0.717) is 6.54 Å². The Kier molecular flexibility index (Phi) is 7.69. The predicted molar refractivity (Wildman–Crippen MR) is 94.3 cm³/mol. The average Bonchev–Trinajstić information content (AvgIpc) is 2.50. The zero-order valence-electron chi connectivity index (χ0n) is 14.3. The van der Waals surface area contributed by atoms with Crippen molar-refractivity contribution in [2.24, 2.45) is 5.41 Å². The number of carbonyl (C=O) groups is 1. The predicted octanol–water partition coefficient (Wildman–Crippen LogP) is 4.87. The summed E-state index contributed by atoms with van der Waals surface area (Å²) in [6.07, 6.45) is 6.49. The molecule has 0 aromatic heterocycles. The lowest BCUT2D eigenvalue weighted by Crippen LogP contribution is -2.37. The van der Waals surface area contributed by atoms with Crippen molar-refractivity contribution in [2.75, 3.05) is 6.54 Å². The number of halogens is 1. The number of amides is 1. The van der Waals surface area contributed by atoms with E-state index in [1.165, 1.54) is 12.1 Å². The smallest absolute Gasteiger partial charge is 0.251 e. The SMILES string of the molecule is CCCC(CCC)(CCC)CNC(=O)c1cc(O)c(O)c(Cl)c1. The summed E-state index contributed by atoms with van der Waals surface area (Å²) in [7, 11) is 0. The molecule has 130 valence electrons. The molecule has 0 radical (unpaired) electrons. The topological polar surface area (TPSA) is 69.6 Å². The third-order valence-electron chi connectivity index (χ3n) is 4.27. The van der Waals surface area contributed by atoms with E-state index in [9.17, 15) is 15.0 Å². The highest BCUT2D eigenvalue weighted by Crippen LogP contribution is 2.36. The largest absolute Gasteiger partial charge is 0.504 e. The molecule has 0 fully saturated rings. The number of hydrogen-bond acceptors (Lipinski definition) is 3. The second kappa shape index (κ2) is 9.02. The summed E-state index contributed by atoms with van der Waals surface area (Å²) in [6, 6.07) is 2.60. The molecule has 23 heavy (non-hydrogen) atoms. The Morgan fingerprint density at radius 2 is 1.61 bits per heavy atom. The Hall–Kier alpha value is -1.42. The molecular weight excluding hydrogens is 314 g/mol. The van der Waals surface area contributed by atoms with E-state index in [1.54, 1.807) is 0 Å². The van der Waals surface area contributed by atoms with Crippen LogP contribution in [0.1, 0.15) is 69.7 Å². The number of rotatable bonds is 9. The Morgan fingerprint density at radius 1 is 1.09 bits per heavy atom. The second-order valence-corrected chi connectivity index (χ2v) is 6.67. The van der Waals surface area contributed by atoms with Gasteiger partial charge in [0.15, 0.2) is 11.5 Å². The van der Waals surface area contributed by atoms with Gasteiger partial charge in [-0.1, -0.05) is 51.6 Å². The zero-order chi connectivity index (χ0) is 17.5. The van der Waals surface area contributed by atoms with Crippen molar-refractivity contribution in [3.05, 3.63) is 22.7 Å². The van der Waals surface area contributed by atoms with Crippen molar-refractivity contribution in [2.45, 2.75) is 59.3 Å². The fourth-order valence-corrected chi connectivity index (χ4v) is 3.53. The molecule has 0 saturated carbocycles. The van der Waals surface area contributed by atoms with Gasteiger partial charge >= 0.3 is 0 Å². The van der Waals surface area contributed by atoms with Crippen LogP contribution in [0.5, 0.6) is 11.5 Å². The lowest BCUT2D eigenvalue weighted by Gasteiger charge is -2.33. The highest BCUT2D eigenvalue weighted by Gasteiger charge is 2.28. The van der Waals surface area contributed by atoms with E-state index in [1.807, 2.05) is 0 Å². The van der Waals surface area contributed by atoms with E-state index < -0.39 is 5.75 Å². The average molecular weight is 342 g/mol. The Labute approximate surface area is 143 Å². The number of carbonyl (C=O) groups excluding carboxylic acids is 1. The standard InChI is InChI=1S/C18H28ClNO3/c1-4-7-18(8-5-2,9-6-3)12-20-17(23)13-10-14(19)16(22)15(21)11-13/h10-11,21-22H,4-9,12H2,1-3H3,(H,20,23). The molecule has 0 saturated heterocycles. The van der Waals surface area contributed by atoms with Crippen molar-refractivity contribution in [3.63, 3.8) is 0 Å². The molecule has 0 aliphatic heterocycles. The van der Waals surface area contributed by atoms with Crippen molar-refractivity contribution >= 4 is 17.5 Å². The fourth-order valence-electron chi connectivity index (χ4n) is 3.32. The van der Waals surface area contributed by atoms with Gasteiger partial charge in [0.05, 0.1) is 5.02 Å². The van der Waals surface area contributed by atoms with Gasteiger partial charge in [-0.25, -0.2) is 0 Å². The van der Waals surface area contributed by atoms with Gasteiger partial charge in [0, 0.05) is 12.1 Å². The Balaban J connectivity index is 2.86. The molecule has 0 aliphatic rings. The molecular formula is C18H28ClNO3. The van der Waals surface area contributed by atoms with Gasteiger partial charge in [-0.15, -0.1) is 0 Å². The molecule has 0 bridgehead atoms. The van der Waals surface area contributed by atoms with Gasteiger partial charge in [0.1, 0.15) is 0 Å². The summed E-state index contributed by atoms with van der Waals surface area (Å²) in [5.74, 6) is -1.07. The van der Waals surface area contributed by atoms with Crippen LogP contribution in [0.25, 0.3) is 0 Å². The summed E-state index contributed by atoms with van der Waals surface area (Å²) in [5, 5.41) is 22.0. The summed E-state index contributed by atoms with van der Waals surface area (Å²) in [6.45, 7) is 7.11. The number of aromatic hydroxyl groups is 2. The van der Waals surface area contributed by atoms with Crippen LogP contribution in [0.4, 0.5) is 0 Å². The first-order valence-electron chi connectivity index (χ1n) is 8.38. The number of phenols is 2. The molecule has 0 unspecified atom stereocenters. The van der Waals surface area contributed by atoms with Crippen molar-refractivity contribution in [1.82, 2.24) is 5.32 Å². The number of nitrogens with one attached hydrogen (secondary N) is 1. The summed E-state index contributed by atoms with van der Waals surface area (Å²) in [5.41, 5.74) is 0.375. The van der Waals surface area contributed by atoms with Crippen molar-refractivity contribution < 1.29 is 15.0 Å². The number of hydrogen-bond donors (Lipinski definition) is 3. The molecule has 5 heteroatoms. The quantitative estimate of drug-likeness (QED) is 0.561. The highest BCUT2D eigenvalue weighted by molar-refractivity contribution is 6.32. The molecule has 0 spiro atoms. The lowest BCUT2D eigenvalue weighted by atomic mass is 9.75. The minimum Gasteiger partial charge on any atom is -0.504 e. The van der Waals surface area contributed by atoms with Crippen LogP contribution in [0.3, 0.4) is 0 Å². The molecule has 0 atom stereocenters. The Bertz CT molecular complexity index is 491. The highest BCUT2D eigenvalue weighted by atomic mass is 35.5. The molecule has 1 aromatic rings. The number of phenolic OH excluding ortho intramolecular Hbond substituents is 2. The molecule has 3 N–H and O–H groups in total. The monoisotopic (exact) mass is 341 g/mol. The summed E-state index contributed by atoms with van der Waals surface area (Å²) < 4.78 is 0. The first kappa shape index (κ1) is 19.6. The molecule has 1 rings (SSSR count). The third-order valence-corrected chi connectivity index (χ3v) is 4.56. The third kappa shape index (κ3) is 5.31. The van der Waals surface area contributed by atoms with E-state index >= 15 is 0 Å². The van der Waals surface area contributed by atoms with Crippen LogP contribution >= 0.6 is 11.6 Å². The van der Waals surface area contributed by atoms with Crippen molar-refractivity contribution in [3.8, 4) is 11.5 Å². The maximum atomic E-state index is 12.4. The Morgan fingerprint density at radius 3 is 2.04 bits per heavy atom. The van der Waals surface area contributed by atoms with E-state index in [2.05, 4.69) is 26.1 Å². The van der Waals surface area contributed by atoms with Crippen molar-refractivity contribution in [1.29, 1.82) is 0 Å². The van der Waals surface area contributed by atoms with Gasteiger partial charge in [0.2, 0.25) is 0 Å². The van der Waals surface area contributed by atoms with Crippen LogP contribution in [-0.2, 0) is 0 Å². The van der Waals surface area contributed by atoms with Crippen LogP contribution < -0.4 is 5.32 Å². The zero-order valence-corrected chi connectivity index (χ0v) is 15.0. The van der Waals surface area contributed by atoms with E-state index in [0.717, 1.165) is 38.5 Å². The second-order valence-electron chi connectivity index (χ2n) is 6.26. The van der Waals surface area contributed by atoms with Crippen LogP contribution in [0, 0.1) is 5.41 Å². The molecule has 4 nitrogen and oxygen atoms in total. The fraction of sp³-hybridized carbons (Fsp3) is 0.611. The van der Waals surface area contributed by atoms with Crippen LogP contribution in [0.15, 0.2) is 12.1 Å². The number of benzene rings is 1. The summed E-state index contributed by atoms with van der Waals surface area (Å²) >= 11 is 5.81. The molecule has 1 aromatic carbocycles. The van der Waals surface area contributed by atoms with E-state index in [-0.39, 0.29) is 27.7 Å². The molecule has 0 aliphatic carbocycles. The molecule has 1 amide bonds. The minimum atomic E-state index is -0.402. The normalized spacial score (nSPS) is 11.5. The van der Waals surface area contributed by atoms with Crippen LogP contribution in [-0.4, -0.2) is 22.7 Å². The first-order valence-corrected chi connectivity index (χ1v) is 8.76. The van der Waals surface area contributed by atoms with Crippen LogP contribution in [0.2, 0.25) is 5.02 Å². The van der Waals surface area contributed by atoms with Gasteiger partial charge in [-0.2, -0.15) is 0 Å². The maximum absolute atomic E-state index is 12.4. The molecule has 0 heterocycles. The van der Waals surface area contributed by atoms with E-state index in [4.69, 9.17) is 11.6 Å². The minimum absolute atomic E-state index is 0.0305. The lowest BCUT2D eigenvalue weighted by molar-refractivity contribution is 0.0914. The van der Waals surface area contributed by atoms with Gasteiger partial charge in [0.25, 0.3) is 5.91 Å².